The number of carboxylic acids is 1. The van der Waals surface area contributed by atoms with Crippen molar-refractivity contribution in [2.45, 2.75) is 6.61 Å². The highest BCUT2D eigenvalue weighted by atomic mass is 16.5. The van der Waals surface area contributed by atoms with Crippen molar-refractivity contribution in [3.8, 4) is 17.2 Å². The van der Waals surface area contributed by atoms with Crippen LogP contribution >= 0.6 is 0 Å². The molecule has 0 radical (unpaired) electrons. The third-order valence-electron chi connectivity index (χ3n) is 4.53. The molecule has 0 atom stereocenters. The van der Waals surface area contributed by atoms with E-state index in [4.69, 9.17) is 19.3 Å². The fraction of sp³-hybridized carbons (Fsp3) is 0.125. The third-order valence-corrected chi connectivity index (χ3v) is 4.53. The summed E-state index contributed by atoms with van der Waals surface area (Å²) < 4.78 is 16.5. The van der Waals surface area contributed by atoms with Crippen molar-refractivity contribution in [1.29, 1.82) is 0 Å². The Morgan fingerprint density at radius 1 is 0.938 bits per heavy atom. The number of amides is 1. The van der Waals surface area contributed by atoms with Gasteiger partial charge in [-0.15, -0.1) is 0 Å². The Hall–Kier alpha value is -4.33. The van der Waals surface area contributed by atoms with Crippen LogP contribution in [0.5, 0.6) is 17.2 Å². The Morgan fingerprint density at radius 2 is 1.62 bits per heavy atom. The highest BCUT2D eigenvalue weighted by molar-refractivity contribution is 5.97. The second kappa shape index (κ2) is 10.6. The van der Waals surface area contributed by atoms with E-state index in [2.05, 4.69) is 10.5 Å². The zero-order valence-corrected chi connectivity index (χ0v) is 17.6. The summed E-state index contributed by atoms with van der Waals surface area (Å²) in [4.78, 5) is 23.4. The number of nitrogens with zero attached hydrogens (tertiary/aromatic N) is 1. The molecular weight excluding hydrogens is 412 g/mol. The van der Waals surface area contributed by atoms with Crippen LogP contribution in [0, 0.1) is 0 Å². The molecule has 0 aromatic heterocycles. The first-order chi connectivity index (χ1) is 15.5. The van der Waals surface area contributed by atoms with Gasteiger partial charge in [-0.05, 0) is 42.0 Å². The molecule has 1 amide bonds. The number of carbonyl (C=O) groups is 2. The number of rotatable bonds is 9. The number of carbonyl (C=O) groups excluding carboxylic acids is 1. The summed E-state index contributed by atoms with van der Waals surface area (Å²) in [5.41, 5.74) is 4.41. The zero-order chi connectivity index (χ0) is 22.9. The van der Waals surface area contributed by atoms with Gasteiger partial charge in [0, 0.05) is 5.56 Å². The van der Waals surface area contributed by atoms with Crippen LogP contribution in [0.2, 0.25) is 0 Å². The topological polar surface area (TPSA) is 106 Å². The summed E-state index contributed by atoms with van der Waals surface area (Å²) in [5, 5.41) is 13.0. The SMILES string of the molecule is COc1ccccc1C(=O)N/N=C/c1cccc(OC)c1OCc1ccc(C(=O)O)cc1. The van der Waals surface area contributed by atoms with Gasteiger partial charge in [-0.3, -0.25) is 4.79 Å². The summed E-state index contributed by atoms with van der Waals surface area (Å²) in [5.74, 6) is -0.0299. The molecule has 0 unspecified atom stereocenters. The van der Waals surface area contributed by atoms with Gasteiger partial charge in [0.05, 0.1) is 31.6 Å². The van der Waals surface area contributed by atoms with E-state index >= 15 is 0 Å². The molecule has 0 bridgehead atoms. The van der Waals surface area contributed by atoms with Gasteiger partial charge in [0.2, 0.25) is 0 Å². The summed E-state index contributed by atoms with van der Waals surface area (Å²) in [6, 6.07) is 18.5. The summed E-state index contributed by atoms with van der Waals surface area (Å²) >= 11 is 0. The van der Waals surface area contributed by atoms with E-state index in [0.29, 0.717) is 28.4 Å². The molecule has 164 valence electrons. The number of carboxylic acid groups (broad SMARTS) is 1. The van der Waals surface area contributed by atoms with Gasteiger partial charge >= 0.3 is 5.97 Å². The van der Waals surface area contributed by atoms with Crippen LogP contribution in [0.3, 0.4) is 0 Å². The number of ether oxygens (including phenoxy) is 3. The van der Waals surface area contributed by atoms with Gasteiger partial charge < -0.3 is 19.3 Å². The lowest BCUT2D eigenvalue weighted by Gasteiger charge is -2.13. The number of nitrogens with one attached hydrogen (secondary N) is 1. The number of hydrazone groups is 1. The van der Waals surface area contributed by atoms with E-state index in [9.17, 15) is 9.59 Å². The molecule has 8 heteroatoms. The quantitative estimate of drug-likeness (QED) is 0.393. The van der Waals surface area contributed by atoms with Crippen LogP contribution in [0.4, 0.5) is 0 Å². The maximum atomic E-state index is 12.4. The molecule has 0 spiro atoms. The van der Waals surface area contributed by atoms with E-state index in [-0.39, 0.29) is 12.2 Å². The second-order valence-corrected chi connectivity index (χ2v) is 6.57. The molecule has 3 rings (SSSR count). The van der Waals surface area contributed by atoms with Crippen molar-refractivity contribution in [2.75, 3.05) is 14.2 Å². The highest BCUT2D eigenvalue weighted by Gasteiger charge is 2.12. The van der Waals surface area contributed by atoms with Crippen LogP contribution in [-0.4, -0.2) is 37.4 Å². The predicted molar refractivity (Wildman–Crippen MR) is 119 cm³/mol. The standard InChI is InChI=1S/C24H22N2O6/c1-30-20-8-4-3-7-19(20)23(27)26-25-14-18-6-5-9-21(31-2)22(18)32-15-16-10-12-17(13-11-16)24(28)29/h3-14H,15H2,1-2H3,(H,26,27)(H,28,29)/b25-14+. The predicted octanol–water partition coefficient (Wildman–Crippen LogP) is 3.74. The van der Waals surface area contributed by atoms with Crippen molar-refractivity contribution in [2.24, 2.45) is 5.10 Å². The number of hydrogen-bond acceptors (Lipinski definition) is 6. The Labute approximate surface area is 185 Å². The number of para-hydroxylation sites is 2. The van der Waals surface area contributed by atoms with Crippen LogP contribution in [0.25, 0.3) is 0 Å². The molecule has 8 nitrogen and oxygen atoms in total. The maximum Gasteiger partial charge on any atom is 0.335 e. The summed E-state index contributed by atoms with van der Waals surface area (Å²) in [6.45, 7) is 0.189. The first-order valence-electron chi connectivity index (χ1n) is 9.62. The van der Waals surface area contributed by atoms with E-state index in [0.717, 1.165) is 5.56 Å². The molecule has 32 heavy (non-hydrogen) atoms. The molecule has 0 saturated heterocycles. The summed E-state index contributed by atoms with van der Waals surface area (Å²) in [7, 11) is 3.01. The number of benzene rings is 3. The molecule has 2 N–H and O–H groups in total. The Bertz CT molecular complexity index is 1130. The molecule has 0 aliphatic heterocycles. The van der Waals surface area contributed by atoms with Gasteiger partial charge in [0.15, 0.2) is 11.5 Å². The Morgan fingerprint density at radius 3 is 2.31 bits per heavy atom. The average molecular weight is 434 g/mol. The fourth-order valence-electron chi connectivity index (χ4n) is 2.90. The van der Waals surface area contributed by atoms with Crippen molar-refractivity contribution in [3.05, 3.63) is 89.0 Å². The minimum atomic E-state index is -0.990. The van der Waals surface area contributed by atoms with Crippen molar-refractivity contribution < 1.29 is 28.9 Å². The smallest absolute Gasteiger partial charge is 0.335 e. The van der Waals surface area contributed by atoms with Gasteiger partial charge in [-0.2, -0.15) is 5.10 Å². The number of methoxy groups -OCH3 is 2. The lowest BCUT2D eigenvalue weighted by atomic mass is 10.1. The largest absolute Gasteiger partial charge is 0.496 e. The molecule has 0 aliphatic carbocycles. The van der Waals surface area contributed by atoms with Crippen LogP contribution in [0.1, 0.15) is 31.8 Å². The average Bonchev–Trinajstić information content (AvgIpc) is 2.83. The van der Waals surface area contributed by atoms with E-state index in [1.165, 1.54) is 32.6 Å². The highest BCUT2D eigenvalue weighted by Crippen LogP contribution is 2.31. The van der Waals surface area contributed by atoms with E-state index in [1.807, 2.05) is 0 Å². The molecule has 0 saturated carbocycles. The van der Waals surface area contributed by atoms with Crippen LogP contribution < -0.4 is 19.6 Å². The van der Waals surface area contributed by atoms with Gasteiger partial charge in [-0.1, -0.05) is 30.3 Å². The third kappa shape index (κ3) is 5.42. The van der Waals surface area contributed by atoms with Crippen LogP contribution in [-0.2, 0) is 6.61 Å². The minimum absolute atomic E-state index is 0.189. The molecule has 3 aromatic rings. The van der Waals surface area contributed by atoms with Crippen LogP contribution in [0.15, 0.2) is 71.8 Å². The first-order valence-corrected chi connectivity index (χ1v) is 9.62. The molecular formula is C24H22N2O6. The van der Waals surface area contributed by atoms with Crippen molar-refractivity contribution in [3.63, 3.8) is 0 Å². The van der Waals surface area contributed by atoms with E-state index in [1.54, 1.807) is 54.6 Å². The first kappa shape index (κ1) is 22.4. The van der Waals surface area contributed by atoms with Crippen molar-refractivity contribution in [1.82, 2.24) is 5.43 Å². The number of aromatic carboxylic acids is 1. The molecule has 0 heterocycles. The Balaban J connectivity index is 1.74. The van der Waals surface area contributed by atoms with E-state index < -0.39 is 11.9 Å². The zero-order valence-electron chi connectivity index (χ0n) is 17.6. The molecule has 0 fully saturated rings. The lowest BCUT2D eigenvalue weighted by Crippen LogP contribution is -2.18. The summed E-state index contributed by atoms with van der Waals surface area (Å²) in [6.07, 6.45) is 1.46. The van der Waals surface area contributed by atoms with Gasteiger partial charge in [0.1, 0.15) is 12.4 Å². The second-order valence-electron chi connectivity index (χ2n) is 6.57. The number of hydrogen-bond donors (Lipinski definition) is 2. The lowest BCUT2D eigenvalue weighted by molar-refractivity contribution is 0.0696. The monoisotopic (exact) mass is 434 g/mol. The normalized spacial score (nSPS) is 10.6. The van der Waals surface area contributed by atoms with Gasteiger partial charge in [-0.25, -0.2) is 10.2 Å². The maximum absolute atomic E-state index is 12.4. The molecule has 3 aromatic carbocycles. The Kier molecular flexibility index (Phi) is 7.42. The minimum Gasteiger partial charge on any atom is -0.496 e. The fourth-order valence-corrected chi connectivity index (χ4v) is 2.90. The van der Waals surface area contributed by atoms with Crippen molar-refractivity contribution >= 4 is 18.1 Å². The molecule has 0 aliphatic rings. The van der Waals surface area contributed by atoms with Gasteiger partial charge in [0.25, 0.3) is 5.91 Å².